The molecule has 0 radical (unpaired) electrons. The van der Waals surface area contributed by atoms with E-state index in [2.05, 4.69) is 5.32 Å². The zero-order chi connectivity index (χ0) is 15.2. The highest BCUT2D eigenvalue weighted by atomic mass is 35.5. The molecule has 0 saturated carbocycles. The lowest BCUT2D eigenvalue weighted by Crippen LogP contribution is -2.33. The second kappa shape index (κ2) is 7.86. The molecule has 1 aromatic rings. The summed E-state index contributed by atoms with van der Waals surface area (Å²) >= 11 is 5.79. The van der Waals surface area contributed by atoms with Crippen molar-refractivity contribution in [2.45, 2.75) is 38.7 Å². The zero-order valence-electron chi connectivity index (χ0n) is 11.5. The number of halogens is 4. The number of hydrogen-bond acceptors (Lipinski definition) is 2. The molecule has 1 N–H and O–H groups in total. The average Bonchev–Trinajstić information content (AvgIpc) is 2.37. The lowest BCUT2D eigenvalue weighted by molar-refractivity contribution is -0.227. The molecule has 2 nitrogen and oxygen atoms in total. The molecule has 1 aromatic carbocycles. The maximum atomic E-state index is 12.6. The fourth-order valence-corrected chi connectivity index (χ4v) is 1.78. The lowest BCUT2D eigenvalue weighted by atomic mass is 10.1. The van der Waals surface area contributed by atoms with Gasteiger partial charge in [0.05, 0.1) is 6.10 Å². The molecule has 0 bridgehead atoms. The van der Waals surface area contributed by atoms with Crippen LogP contribution in [-0.4, -0.2) is 25.4 Å². The Kier molecular flexibility index (Phi) is 6.79. The predicted molar refractivity (Wildman–Crippen MR) is 74.0 cm³/mol. The van der Waals surface area contributed by atoms with Crippen molar-refractivity contribution in [3.8, 4) is 0 Å². The molecular formula is C14H19ClF3NO. The number of hydrogen-bond donors (Lipinski definition) is 1. The third-order valence-electron chi connectivity index (χ3n) is 2.83. The van der Waals surface area contributed by atoms with E-state index in [1.165, 1.54) is 0 Å². The number of rotatable bonds is 7. The zero-order valence-corrected chi connectivity index (χ0v) is 12.3. The SMILES string of the molecule is CCCNCC(OC(C)C(F)(F)F)c1ccc(Cl)cc1. The van der Waals surface area contributed by atoms with Crippen molar-refractivity contribution in [2.75, 3.05) is 13.1 Å². The van der Waals surface area contributed by atoms with Gasteiger partial charge in [0.2, 0.25) is 0 Å². The van der Waals surface area contributed by atoms with Crippen LogP contribution >= 0.6 is 11.6 Å². The Morgan fingerprint density at radius 2 is 1.85 bits per heavy atom. The molecule has 0 heterocycles. The van der Waals surface area contributed by atoms with Gasteiger partial charge in [-0.05, 0) is 37.6 Å². The van der Waals surface area contributed by atoms with Crippen molar-refractivity contribution in [2.24, 2.45) is 0 Å². The van der Waals surface area contributed by atoms with Crippen molar-refractivity contribution in [1.82, 2.24) is 5.32 Å². The number of ether oxygens (including phenoxy) is 1. The summed E-state index contributed by atoms with van der Waals surface area (Å²) in [4.78, 5) is 0. The lowest BCUT2D eigenvalue weighted by Gasteiger charge is -2.25. The maximum Gasteiger partial charge on any atom is 0.414 e. The van der Waals surface area contributed by atoms with Gasteiger partial charge in [0.25, 0.3) is 0 Å². The molecule has 2 unspecified atom stereocenters. The van der Waals surface area contributed by atoms with Crippen LogP contribution in [0.25, 0.3) is 0 Å². The molecule has 6 heteroatoms. The van der Waals surface area contributed by atoms with E-state index < -0.39 is 18.4 Å². The third-order valence-corrected chi connectivity index (χ3v) is 3.08. The summed E-state index contributed by atoms with van der Waals surface area (Å²) in [6.45, 7) is 4.07. The van der Waals surface area contributed by atoms with E-state index >= 15 is 0 Å². The molecule has 0 aliphatic carbocycles. The minimum atomic E-state index is -4.37. The highest BCUT2D eigenvalue weighted by molar-refractivity contribution is 6.30. The first-order valence-electron chi connectivity index (χ1n) is 6.53. The van der Waals surface area contributed by atoms with Crippen molar-refractivity contribution in [3.05, 3.63) is 34.9 Å². The molecule has 20 heavy (non-hydrogen) atoms. The molecule has 0 aliphatic heterocycles. The highest BCUT2D eigenvalue weighted by Gasteiger charge is 2.38. The van der Waals surface area contributed by atoms with E-state index in [0.717, 1.165) is 19.9 Å². The van der Waals surface area contributed by atoms with E-state index in [-0.39, 0.29) is 0 Å². The van der Waals surface area contributed by atoms with E-state index in [1.807, 2.05) is 6.92 Å². The van der Waals surface area contributed by atoms with Crippen LogP contribution in [0.2, 0.25) is 5.02 Å². The predicted octanol–water partition coefficient (Wildman–Crippen LogP) is 4.35. The Bertz CT molecular complexity index is 394. The van der Waals surface area contributed by atoms with Gasteiger partial charge in [-0.3, -0.25) is 0 Å². The summed E-state index contributed by atoms with van der Waals surface area (Å²) in [6, 6.07) is 6.66. The molecule has 1 rings (SSSR count). The first-order chi connectivity index (χ1) is 9.34. The van der Waals surface area contributed by atoms with E-state index in [9.17, 15) is 13.2 Å². The summed E-state index contributed by atoms with van der Waals surface area (Å²) in [5.74, 6) is 0. The second-order valence-electron chi connectivity index (χ2n) is 4.56. The van der Waals surface area contributed by atoms with Crippen molar-refractivity contribution >= 4 is 11.6 Å². The molecule has 0 spiro atoms. The summed E-state index contributed by atoms with van der Waals surface area (Å²) in [7, 11) is 0. The summed E-state index contributed by atoms with van der Waals surface area (Å²) in [5, 5.41) is 3.62. The third kappa shape index (κ3) is 5.69. The van der Waals surface area contributed by atoms with Gasteiger partial charge in [-0.25, -0.2) is 0 Å². The number of nitrogens with one attached hydrogen (secondary N) is 1. The average molecular weight is 310 g/mol. The molecule has 114 valence electrons. The van der Waals surface area contributed by atoms with E-state index in [4.69, 9.17) is 16.3 Å². The Morgan fingerprint density at radius 1 is 1.25 bits per heavy atom. The molecule has 0 saturated heterocycles. The fraction of sp³-hybridized carbons (Fsp3) is 0.571. The summed E-state index contributed by atoms with van der Waals surface area (Å²) in [5.41, 5.74) is 0.675. The fourth-order valence-electron chi connectivity index (χ4n) is 1.66. The van der Waals surface area contributed by atoms with Crippen LogP contribution in [0.15, 0.2) is 24.3 Å². The number of alkyl halides is 3. The Balaban J connectivity index is 2.76. The van der Waals surface area contributed by atoms with Crippen LogP contribution in [0.1, 0.15) is 31.9 Å². The normalized spacial score (nSPS) is 15.1. The first-order valence-corrected chi connectivity index (χ1v) is 6.90. The standard InChI is InChI=1S/C14H19ClF3NO/c1-3-8-19-9-13(20-10(2)14(16,17)18)11-4-6-12(15)7-5-11/h4-7,10,13,19H,3,8-9H2,1-2H3. The van der Waals surface area contributed by atoms with Gasteiger partial charge in [0.15, 0.2) is 6.10 Å². The minimum absolute atomic E-state index is 0.329. The molecule has 0 fully saturated rings. The maximum absolute atomic E-state index is 12.6. The van der Waals surface area contributed by atoms with Gasteiger partial charge in [-0.1, -0.05) is 30.7 Å². The first kappa shape index (κ1) is 17.3. The van der Waals surface area contributed by atoms with Gasteiger partial charge in [0, 0.05) is 11.6 Å². The summed E-state index contributed by atoms with van der Waals surface area (Å²) in [6.07, 6.45) is -5.93. The van der Waals surface area contributed by atoms with E-state index in [1.54, 1.807) is 24.3 Å². The van der Waals surface area contributed by atoms with Crippen LogP contribution < -0.4 is 5.32 Å². The summed E-state index contributed by atoms with van der Waals surface area (Å²) < 4.78 is 43.0. The Morgan fingerprint density at radius 3 is 2.35 bits per heavy atom. The van der Waals surface area contributed by atoms with Crippen LogP contribution in [0, 0.1) is 0 Å². The van der Waals surface area contributed by atoms with Gasteiger partial charge in [-0.2, -0.15) is 13.2 Å². The quantitative estimate of drug-likeness (QED) is 0.756. The van der Waals surface area contributed by atoms with Gasteiger partial charge in [0.1, 0.15) is 0 Å². The Hall–Kier alpha value is -0.780. The molecule has 0 aromatic heterocycles. The molecular weight excluding hydrogens is 291 g/mol. The Labute approximate surface area is 122 Å². The minimum Gasteiger partial charge on any atom is -0.360 e. The second-order valence-corrected chi connectivity index (χ2v) is 5.00. The van der Waals surface area contributed by atoms with Crippen molar-refractivity contribution in [3.63, 3.8) is 0 Å². The molecule has 2 atom stereocenters. The van der Waals surface area contributed by atoms with Crippen LogP contribution in [0.3, 0.4) is 0 Å². The largest absolute Gasteiger partial charge is 0.414 e. The smallest absolute Gasteiger partial charge is 0.360 e. The van der Waals surface area contributed by atoms with Gasteiger partial charge >= 0.3 is 6.18 Å². The van der Waals surface area contributed by atoms with Crippen LogP contribution in [0.5, 0.6) is 0 Å². The van der Waals surface area contributed by atoms with Crippen LogP contribution in [-0.2, 0) is 4.74 Å². The monoisotopic (exact) mass is 309 g/mol. The van der Waals surface area contributed by atoms with Crippen molar-refractivity contribution in [1.29, 1.82) is 0 Å². The molecule has 0 amide bonds. The topological polar surface area (TPSA) is 21.3 Å². The number of benzene rings is 1. The van der Waals surface area contributed by atoms with Gasteiger partial charge < -0.3 is 10.1 Å². The van der Waals surface area contributed by atoms with Gasteiger partial charge in [-0.15, -0.1) is 0 Å². The highest BCUT2D eigenvalue weighted by Crippen LogP contribution is 2.28. The van der Waals surface area contributed by atoms with Crippen molar-refractivity contribution < 1.29 is 17.9 Å². The van der Waals surface area contributed by atoms with E-state index in [0.29, 0.717) is 17.1 Å². The van der Waals surface area contributed by atoms with Crippen LogP contribution in [0.4, 0.5) is 13.2 Å². The molecule has 0 aliphatic rings.